The minimum absolute atomic E-state index is 0.110. The minimum Gasteiger partial charge on any atom is -0.387 e. The highest BCUT2D eigenvalue weighted by atomic mass is 32.2. The maximum Gasteiger partial charge on any atom is 0.177 e. The SMILES string of the molecule is O=S(=O)(/C=C1\CCN1)Cc1cc(F)cc(F)c1. The predicted molar refractivity (Wildman–Crippen MR) is 59.7 cm³/mol. The zero-order chi connectivity index (χ0) is 12.5. The molecule has 6 heteroatoms. The Bertz CT molecular complexity index is 541. The van der Waals surface area contributed by atoms with Crippen LogP contribution < -0.4 is 5.32 Å². The molecule has 1 N–H and O–H groups in total. The van der Waals surface area contributed by atoms with Crippen molar-refractivity contribution in [3.63, 3.8) is 0 Å². The maximum atomic E-state index is 12.9. The summed E-state index contributed by atoms with van der Waals surface area (Å²) < 4.78 is 49.1. The predicted octanol–water partition coefficient (Wildman–Crippen LogP) is 1.71. The summed E-state index contributed by atoms with van der Waals surface area (Å²) in [5, 5.41) is 3.97. The number of halogens is 2. The lowest BCUT2D eigenvalue weighted by Gasteiger charge is -2.19. The van der Waals surface area contributed by atoms with Gasteiger partial charge < -0.3 is 5.32 Å². The summed E-state index contributed by atoms with van der Waals surface area (Å²) >= 11 is 0. The largest absolute Gasteiger partial charge is 0.387 e. The third kappa shape index (κ3) is 3.26. The van der Waals surface area contributed by atoms with Crippen LogP contribution in [0.3, 0.4) is 0 Å². The minimum atomic E-state index is -3.49. The van der Waals surface area contributed by atoms with Gasteiger partial charge in [0.1, 0.15) is 11.6 Å². The van der Waals surface area contributed by atoms with Crippen LogP contribution in [0.2, 0.25) is 0 Å². The van der Waals surface area contributed by atoms with Gasteiger partial charge in [0.25, 0.3) is 0 Å². The van der Waals surface area contributed by atoms with Crippen molar-refractivity contribution in [1.29, 1.82) is 0 Å². The molecule has 1 heterocycles. The van der Waals surface area contributed by atoms with Gasteiger partial charge in [-0.2, -0.15) is 0 Å². The number of benzene rings is 1. The van der Waals surface area contributed by atoms with Crippen molar-refractivity contribution in [1.82, 2.24) is 5.32 Å². The van der Waals surface area contributed by atoms with Gasteiger partial charge in [-0.3, -0.25) is 0 Å². The second-order valence-corrected chi connectivity index (χ2v) is 5.75. The number of sulfone groups is 1. The lowest BCUT2D eigenvalue weighted by Crippen LogP contribution is -2.28. The van der Waals surface area contributed by atoms with Crippen molar-refractivity contribution in [3.8, 4) is 0 Å². The van der Waals surface area contributed by atoms with E-state index in [-0.39, 0.29) is 5.56 Å². The Balaban J connectivity index is 2.19. The van der Waals surface area contributed by atoms with Crippen molar-refractivity contribution in [2.75, 3.05) is 6.54 Å². The molecule has 17 heavy (non-hydrogen) atoms. The number of nitrogens with one attached hydrogen (secondary N) is 1. The van der Waals surface area contributed by atoms with Crippen LogP contribution in [0.4, 0.5) is 8.78 Å². The van der Waals surface area contributed by atoms with Crippen molar-refractivity contribution in [3.05, 3.63) is 46.5 Å². The Hall–Kier alpha value is -1.43. The van der Waals surface area contributed by atoms with Crippen molar-refractivity contribution < 1.29 is 17.2 Å². The fourth-order valence-corrected chi connectivity index (χ4v) is 2.90. The van der Waals surface area contributed by atoms with Gasteiger partial charge in [-0.25, -0.2) is 17.2 Å². The molecule has 1 aromatic rings. The van der Waals surface area contributed by atoms with Gasteiger partial charge in [0.05, 0.1) is 5.75 Å². The number of hydrogen-bond acceptors (Lipinski definition) is 3. The van der Waals surface area contributed by atoms with E-state index >= 15 is 0 Å². The normalized spacial score (nSPS) is 17.6. The van der Waals surface area contributed by atoms with Gasteiger partial charge in [0, 0.05) is 30.1 Å². The van der Waals surface area contributed by atoms with E-state index in [0.717, 1.165) is 24.1 Å². The second kappa shape index (κ2) is 4.44. The van der Waals surface area contributed by atoms with Crippen molar-refractivity contribution in [2.45, 2.75) is 12.2 Å². The van der Waals surface area contributed by atoms with Crippen LogP contribution in [0.15, 0.2) is 29.3 Å². The summed E-state index contributed by atoms with van der Waals surface area (Å²) in [6.45, 7) is 0.760. The highest BCUT2D eigenvalue weighted by molar-refractivity contribution is 7.93. The van der Waals surface area contributed by atoms with E-state index in [1.165, 1.54) is 0 Å². The van der Waals surface area contributed by atoms with Gasteiger partial charge in [-0.1, -0.05) is 0 Å². The van der Waals surface area contributed by atoms with Crippen LogP contribution in [0, 0.1) is 11.6 Å². The molecule has 3 nitrogen and oxygen atoms in total. The van der Waals surface area contributed by atoms with Crippen LogP contribution in [-0.2, 0) is 15.6 Å². The Morgan fingerprint density at radius 3 is 2.29 bits per heavy atom. The molecule has 0 aromatic heterocycles. The third-order valence-electron chi connectivity index (χ3n) is 2.36. The monoisotopic (exact) mass is 259 g/mol. The number of rotatable bonds is 3. The van der Waals surface area contributed by atoms with E-state index < -0.39 is 27.2 Å². The molecule has 1 fully saturated rings. The average molecular weight is 259 g/mol. The van der Waals surface area contributed by atoms with E-state index in [9.17, 15) is 17.2 Å². The molecule has 1 saturated heterocycles. The summed E-state index contributed by atoms with van der Waals surface area (Å²) in [4.78, 5) is 0. The van der Waals surface area contributed by atoms with E-state index in [4.69, 9.17) is 0 Å². The van der Waals surface area contributed by atoms with Gasteiger partial charge in [-0.05, 0) is 17.7 Å². The van der Waals surface area contributed by atoms with Gasteiger partial charge >= 0.3 is 0 Å². The molecule has 0 saturated carbocycles. The molecule has 0 unspecified atom stereocenters. The summed E-state index contributed by atoms with van der Waals surface area (Å²) in [6.07, 6.45) is 0.691. The fraction of sp³-hybridized carbons (Fsp3) is 0.273. The molecule has 0 aliphatic carbocycles. The first-order chi connectivity index (χ1) is 7.94. The Morgan fingerprint density at radius 2 is 1.82 bits per heavy atom. The molecule has 2 rings (SSSR count). The molecule has 1 aliphatic rings. The van der Waals surface area contributed by atoms with Crippen LogP contribution in [0.25, 0.3) is 0 Å². The van der Waals surface area contributed by atoms with Crippen LogP contribution >= 0.6 is 0 Å². The molecule has 0 radical (unpaired) electrons. The standard InChI is InChI=1S/C11H11F2NO2S/c12-9-3-8(4-10(13)5-9)6-17(15,16)7-11-1-2-14-11/h3-5,7,14H,1-2,6H2/b11-7+. The number of hydrogen-bond donors (Lipinski definition) is 1. The molecule has 1 aliphatic heterocycles. The summed E-state index contributed by atoms with van der Waals surface area (Å²) in [6, 6.07) is 2.75. The molecule has 1 aromatic carbocycles. The van der Waals surface area contributed by atoms with E-state index in [1.807, 2.05) is 0 Å². The van der Waals surface area contributed by atoms with Gasteiger partial charge in [-0.15, -0.1) is 0 Å². The molecular formula is C11H11F2NO2S. The Labute approximate surface area is 98.1 Å². The van der Waals surface area contributed by atoms with Gasteiger partial charge in [0.2, 0.25) is 0 Å². The van der Waals surface area contributed by atoms with Gasteiger partial charge in [0.15, 0.2) is 9.84 Å². The fourth-order valence-electron chi connectivity index (χ4n) is 1.55. The van der Waals surface area contributed by atoms with Crippen molar-refractivity contribution >= 4 is 9.84 Å². The molecule has 0 spiro atoms. The summed E-state index contributed by atoms with van der Waals surface area (Å²) in [5.74, 6) is -1.94. The molecule has 0 amide bonds. The zero-order valence-electron chi connectivity index (χ0n) is 8.91. The Kier molecular flexibility index (Phi) is 3.15. The van der Waals surface area contributed by atoms with E-state index in [0.29, 0.717) is 18.2 Å². The van der Waals surface area contributed by atoms with Crippen molar-refractivity contribution in [2.24, 2.45) is 0 Å². The molecular weight excluding hydrogens is 248 g/mol. The van der Waals surface area contributed by atoms with E-state index in [1.54, 1.807) is 0 Å². The quantitative estimate of drug-likeness (QED) is 0.899. The lowest BCUT2D eigenvalue weighted by atomic mass is 10.2. The average Bonchev–Trinajstić information content (AvgIpc) is 2.09. The highest BCUT2D eigenvalue weighted by Crippen LogP contribution is 2.15. The smallest absolute Gasteiger partial charge is 0.177 e. The summed E-state index contributed by atoms with van der Waals surface area (Å²) in [5.41, 5.74) is 0.751. The topological polar surface area (TPSA) is 46.2 Å². The first kappa shape index (κ1) is 12.0. The highest BCUT2D eigenvalue weighted by Gasteiger charge is 2.15. The molecule has 0 atom stereocenters. The van der Waals surface area contributed by atoms with E-state index in [2.05, 4.69) is 5.32 Å². The Morgan fingerprint density at radius 1 is 1.24 bits per heavy atom. The second-order valence-electron chi connectivity index (χ2n) is 3.90. The van der Waals surface area contributed by atoms with Crippen LogP contribution in [0.1, 0.15) is 12.0 Å². The first-order valence-electron chi connectivity index (χ1n) is 5.07. The summed E-state index contributed by atoms with van der Waals surface area (Å²) in [7, 11) is -3.49. The van der Waals surface area contributed by atoms with Crippen LogP contribution in [-0.4, -0.2) is 15.0 Å². The maximum absolute atomic E-state index is 12.9. The zero-order valence-corrected chi connectivity index (χ0v) is 9.73. The lowest BCUT2D eigenvalue weighted by molar-refractivity contribution is 0.579. The van der Waals surface area contributed by atoms with Crippen LogP contribution in [0.5, 0.6) is 0 Å². The molecule has 0 bridgehead atoms. The third-order valence-corrected chi connectivity index (χ3v) is 3.74. The molecule has 92 valence electrons. The first-order valence-corrected chi connectivity index (χ1v) is 6.78.